The zero-order valence-electron chi connectivity index (χ0n) is 18.8. The van der Waals surface area contributed by atoms with Crippen LogP contribution in [0.3, 0.4) is 0 Å². The van der Waals surface area contributed by atoms with E-state index in [0.29, 0.717) is 16.6 Å². The standard InChI is InChI=1S/C30H22Cl2N2O/c31-21-13-9-19(10-14-21)17-18-34-29(23-5-1-2-6-24(23)30(34)35)27-25-7-3-4-8-26(25)33-28(27)20-11-15-22(32)16-12-20/h1-16,29,33H,17-18H2/t29-/m1/s1. The minimum Gasteiger partial charge on any atom is -0.354 e. The summed E-state index contributed by atoms with van der Waals surface area (Å²) in [6.07, 6.45) is 0.742. The summed E-state index contributed by atoms with van der Waals surface area (Å²) in [5.74, 6) is 0.0619. The van der Waals surface area contributed by atoms with Crippen LogP contribution >= 0.6 is 23.2 Å². The molecular weight excluding hydrogens is 475 g/mol. The van der Waals surface area contributed by atoms with Crippen molar-refractivity contribution in [3.63, 3.8) is 0 Å². The van der Waals surface area contributed by atoms with E-state index >= 15 is 0 Å². The monoisotopic (exact) mass is 496 g/mol. The summed E-state index contributed by atoms with van der Waals surface area (Å²) < 4.78 is 0. The van der Waals surface area contributed by atoms with Crippen molar-refractivity contribution in [1.82, 2.24) is 9.88 Å². The Morgan fingerprint density at radius 2 is 1.43 bits per heavy atom. The van der Waals surface area contributed by atoms with E-state index in [4.69, 9.17) is 23.2 Å². The van der Waals surface area contributed by atoms with Gasteiger partial charge in [0.15, 0.2) is 0 Å². The fraction of sp³-hybridized carbons (Fsp3) is 0.100. The van der Waals surface area contributed by atoms with Gasteiger partial charge in [-0.25, -0.2) is 0 Å². The number of rotatable bonds is 5. The number of para-hydroxylation sites is 1. The van der Waals surface area contributed by atoms with Crippen molar-refractivity contribution in [2.75, 3.05) is 6.54 Å². The number of aromatic nitrogens is 1. The summed E-state index contributed by atoms with van der Waals surface area (Å²) in [5, 5.41) is 2.52. The van der Waals surface area contributed by atoms with E-state index in [-0.39, 0.29) is 11.9 Å². The summed E-state index contributed by atoms with van der Waals surface area (Å²) in [5.41, 5.74) is 7.14. The van der Waals surface area contributed by atoms with E-state index in [1.807, 2.05) is 83.8 Å². The third-order valence-corrected chi connectivity index (χ3v) is 7.27. The highest BCUT2D eigenvalue weighted by Crippen LogP contribution is 2.45. The Morgan fingerprint density at radius 1 is 0.771 bits per heavy atom. The van der Waals surface area contributed by atoms with E-state index in [1.165, 1.54) is 0 Å². The molecule has 2 heterocycles. The number of amides is 1. The van der Waals surface area contributed by atoms with Gasteiger partial charge >= 0.3 is 0 Å². The molecule has 0 aliphatic carbocycles. The number of H-pyrrole nitrogens is 1. The quantitative estimate of drug-likeness (QED) is 0.263. The van der Waals surface area contributed by atoms with Gasteiger partial charge in [0.25, 0.3) is 5.91 Å². The van der Waals surface area contributed by atoms with Crippen LogP contribution in [0.15, 0.2) is 97.1 Å². The fourth-order valence-electron chi connectivity index (χ4n) is 5.10. The zero-order chi connectivity index (χ0) is 23.9. The predicted molar refractivity (Wildman–Crippen MR) is 143 cm³/mol. The molecule has 0 fully saturated rings. The van der Waals surface area contributed by atoms with Crippen LogP contribution in [0.1, 0.15) is 33.1 Å². The van der Waals surface area contributed by atoms with Crippen LogP contribution in [0.5, 0.6) is 0 Å². The molecule has 0 saturated heterocycles. The molecule has 0 radical (unpaired) electrons. The van der Waals surface area contributed by atoms with Gasteiger partial charge in [0.1, 0.15) is 0 Å². The Labute approximate surface area is 213 Å². The van der Waals surface area contributed by atoms with Gasteiger partial charge in [0.2, 0.25) is 0 Å². The molecule has 0 bridgehead atoms. The van der Waals surface area contributed by atoms with Crippen LogP contribution in [-0.2, 0) is 6.42 Å². The number of carbonyl (C=O) groups is 1. The number of benzene rings is 4. The van der Waals surface area contributed by atoms with E-state index in [2.05, 4.69) is 23.2 Å². The number of nitrogens with zero attached hydrogens (tertiary/aromatic N) is 1. The van der Waals surface area contributed by atoms with E-state index < -0.39 is 0 Å². The van der Waals surface area contributed by atoms with E-state index in [0.717, 1.165) is 50.8 Å². The van der Waals surface area contributed by atoms with Gasteiger partial charge in [0.05, 0.1) is 11.7 Å². The second kappa shape index (κ2) is 8.92. The minimum absolute atomic E-state index is 0.0619. The first-order valence-electron chi connectivity index (χ1n) is 11.6. The number of fused-ring (bicyclic) bond motifs is 2. The molecule has 1 aromatic heterocycles. The molecule has 172 valence electrons. The van der Waals surface area contributed by atoms with Crippen LogP contribution in [0, 0.1) is 0 Å². The lowest BCUT2D eigenvalue weighted by molar-refractivity contribution is 0.0753. The van der Waals surface area contributed by atoms with Gasteiger partial charge in [0, 0.05) is 38.6 Å². The van der Waals surface area contributed by atoms with Crippen LogP contribution in [0.4, 0.5) is 0 Å². The van der Waals surface area contributed by atoms with Crippen molar-refractivity contribution in [3.8, 4) is 11.3 Å². The molecule has 0 spiro atoms. The Balaban J connectivity index is 1.51. The smallest absolute Gasteiger partial charge is 0.255 e. The fourth-order valence-corrected chi connectivity index (χ4v) is 5.36. The molecule has 4 aromatic carbocycles. The van der Waals surface area contributed by atoms with Gasteiger partial charge in [-0.05, 0) is 59.5 Å². The number of nitrogens with one attached hydrogen (secondary N) is 1. The number of hydrogen-bond acceptors (Lipinski definition) is 1. The Hall–Kier alpha value is -3.53. The average Bonchev–Trinajstić information content (AvgIpc) is 3.39. The Kier molecular flexibility index (Phi) is 5.60. The largest absolute Gasteiger partial charge is 0.354 e. The van der Waals surface area contributed by atoms with Gasteiger partial charge in [-0.1, -0.05) is 83.9 Å². The summed E-state index contributed by atoms with van der Waals surface area (Å²) >= 11 is 12.3. The third-order valence-electron chi connectivity index (χ3n) is 6.77. The highest BCUT2D eigenvalue weighted by molar-refractivity contribution is 6.30. The maximum Gasteiger partial charge on any atom is 0.255 e. The topological polar surface area (TPSA) is 36.1 Å². The van der Waals surface area contributed by atoms with Crippen LogP contribution in [0.2, 0.25) is 10.0 Å². The van der Waals surface area contributed by atoms with E-state index in [9.17, 15) is 4.79 Å². The molecule has 1 amide bonds. The molecule has 3 nitrogen and oxygen atoms in total. The van der Waals surface area contributed by atoms with Gasteiger partial charge in [-0.3, -0.25) is 4.79 Å². The van der Waals surface area contributed by atoms with Gasteiger partial charge < -0.3 is 9.88 Å². The second-order valence-electron chi connectivity index (χ2n) is 8.83. The molecular formula is C30H22Cl2N2O. The van der Waals surface area contributed by atoms with Crippen molar-refractivity contribution in [1.29, 1.82) is 0 Å². The van der Waals surface area contributed by atoms with Crippen LogP contribution in [-0.4, -0.2) is 22.3 Å². The summed E-state index contributed by atoms with van der Waals surface area (Å²) in [6.45, 7) is 0.597. The highest BCUT2D eigenvalue weighted by Gasteiger charge is 2.39. The lowest BCUT2D eigenvalue weighted by Crippen LogP contribution is -2.31. The molecule has 1 aliphatic heterocycles. The molecule has 5 aromatic rings. The lowest BCUT2D eigenvalue weighted by atomic mass is 9.93. The minimum atomic E-state index is -0.201. The summed E-state index contributed by atoms with van der Waals surface area (Å²) in [7, 11) is 0. The van der Waals surface area contributed by atoms with Gasteiger partial charge in [-0.2, -0.15) is 0 Å². The molecule has 6 rings (SSSR count). The Bertz CT molecular complexity index is 1540. The summed E-state index contributed by atoms with van der Waals surface area (Å²) in [6, 6.07) is 31.7. The molecule has 0 unspecified atom stereocenters. The second-order valence-corrected chi connectivity index (χ2v) is 9.70. The number of carbonyl (C=O) groups excluding carboxylic acids is 1. The highest BCUT2D eigenvalue weighted by atomic mass is 35.5. The number of aromatic amines is 1. The number of hydrogen-bond donors (Lipinski definition) is 1. The van der Waals surface area contributed by atoms with Crippen molar-refractivity contribution in [2.45, 2.75) is 12.5 Å². The Morgan fingerprint density at radius 3 is 2.20 bits per heavy atom. The van der Waals surface area contributed by atoms with Crippen LogP contribution < -0.4 is 0 Å². The lowest BCUT2D eigenvalue weighted by Gasteiger charge is -2.27. The maximum atomic E-state index is 13.7. The van der Waals surface area contributed by atoms with Crippen LogP contribution in [0.25, 0.3) is 22.2 Å². The van der Waals surface area contributed by atoms with Crippen molar-refractivity contribution < 1.29 is 4.79 Å². The maximum absolute atomic E-state index is 13.7. The zero-order valence-corrected chi connectivity index (χ0v) is 20.4. The predicted octanol–water partition coefficient (Wildman–Crippen LogP) is 7.93. The molecule has 1 atom stereocenters. The SMILES string of the molecule is O=C1c2ccccc2[C@H](c2c(-c3ccc(Cl)cc3)[nH]c3ccccc23)N1CCc1ccc(Cl)cc1. The van der Waals surface area contributed by atoms with E-state index in [1.54, 1.807) is 0 Å². The molecule has 35 heavy (non-hydrogen) atoms. The third kappa shape index (κ3) is 3.91. The van der Waals surface area contributed by atoms with Gasteiger partial charge in [-0.15, -0.1) is 0 Å². The summed E-state index contributed by atoms with van der Waals surface area (Å²) in [4.78, 5) is 19.3. The van der Waals surface area contributed by atoms with Crippen molar-refractivity contribution in [3.05, 3.63) is 129 Å². The molecule has 5 heteroatoms. The molecule has 1 aliphatic rings. The van der Waals surface area contributed by atoms with Crippen molar-refractivity contribution in [2.24, 2.45) is 0 Å². The first-order valence-corrected chi connectivity index (χ1v) is 12.4. The van der Waals surface area contributed by atoms with Crippen molar-refractivity contribution >= 4 is 40.0 Å². The average molecular weight is 497 g/mol. The first-order chi connectivity index (χ1) is 17.1. The normalized spacial score (nSPS) is 15.1. The first kappa shape index (κ1) is 22.0. The number of halogens is 2. The molecule has 0 saturated carbocycles. The molecule has 1 N–H and O–H groups in total.